The minimum Gasteiger partial charge on any atom is -0.247 e. The molecular formula is C7H9F. The van der Waals surface area contributed by atoms with E-state index < -0.39 is 6.17 Å². The zero-order valence-corrected chi connectivity index (χ0v) is 4.73. The Hall–Kier alpha value is -0.0700. The molecule has 0 spiro atoms. The summed E-state index contributed by atoms with van der Waals surface area (Å²) < 4.78 is 12.5. The predicted octanol–water partition coefficient (Wildman–Crippen LogP) is 1.84. The van der Waals surface area contributed by atoms with Crippen molar-refractivity contribution in [3.05, 3.63) is 6.42 Å². The maximum atomic E-state index is 12.5. The van der Waals surface area contributed by atoms with Crippen molar-refractivity contribution in [2.24, 2.45) is 11.8 Å². The van der Waals surface area contributed by atoms with Gasteiger partial charge >= 0.3 is 0 Å². The van der Waals surface area contributed by atoms with Gasteiger partial charge in [0.15, 0.2) is 0 Å². The van der Waals surface area contributed by atoms with E-state index in [4.69, 9.17) is 0 Å². The van der Waals surface area contributed by atoms with E-state index in [1.54, 1.807) is 0 Å². The highest BCUT2D eigenvalue weighted by atomic mass is 19.1. The van der Waals surface area contributed by atoms with E-state index in [0.29, 0.717) is 11.8 Å². The van der Waals surface area contributed by atoms with Gasteiger partial charge in [-0.15, -0.1) is 0 Å². The smallest absolute Gasteiger partial charge is 0.110 e. The number of hydrogen-bond acceptors (Lipinski definition) is 0. The van der Waals surface area contributed by atoms with E-state index in [2.05, 4.69) is 6.42 Å². The molecule has 3 atom stereocenters. The van der Waals surface area contributed by atoms with E-state index in [0.717, 1.165) is 12.8 Å². The second kappa shape index (κ2) is 1.46. The lowest BCUT2D eigenvalue weighted by Gasteiger charge is -2.11. The summed E-state index contributed by atoms with van der Waals surface area (Å²) in [6.45, 7) is 0. The fourth-order valence-electron chi connectivity index (χ4n) is 1.79. The van der Waals surface area contributed by atoms with Crippen molar-refractivity contribution in [1.82, 2.24) is 0 Å². The molecule has 0 nitrogen and oxygen atoms in total. The van der Waals surface area contributed by atoms with Gasteiger partial charge in [-0.25, -0.2) is 4.39 Å². The van der Waals surface area contributed by atoms with Crippen LogP contribution in [0.4, 0.5) is 4.39 Å². The first-order chi connectivity index (χ1) is 3.86. The molecule has 0 aromatic rings. The molecule has 0 aromatic carbocycles. The molecule has 2 bridgehead atoms. The number of hydrogen-bond donors (Lipinski definition) is 0. The maximum absolute atomic E-state index is 12.5. The third-order valence-corrected chi connectivity index (χ3v) is 2.28. The average molecular weight is 112 g/mol. The second-order valence-corrected chi connectivity index (χ2v) is 2.84. The summed E-state index contributed by atoms with van der Waals surface area (Å²) in [7, 11) is 0. The number of fused-ring (bicyclic) bond motifs is 2. The van der Waals surface area contributed by atoms with Crippen LogP contribution in [0.15, 0.2) is 0 Å². The Morgan fingerprint density at radius 2 is 2.25 bits per heavy atom. The van der Waals surface area contributed by atoms with Crippen LogP contribution in [0.3, 0.4) is 0 Å². The van der Waals surface area contributed by atoms with Gasteiger partial charge in [0.1, 0.15) is 6.17 Å². The highest BCUT2D eigenvalue weighted by molar-refractivity contribution is 5.02. The lowest BCUT2D eigenvalue weighted by molar-refractivity contribution is 0.279. The summed E-state index contributed by atoms with van der Waals surface area (Å²) >= 11 is 0. The molecule has 8 heavy (non-hydrogen) atoms. The van der Waals surface area contributed by atoms with Gasteiger partial charge in [-0.1, -0.05) is 0 Å². The SMILES string of the molecule is FC1[C]C2CCC1C2. The Labute approximate surface area is 49.1 Å². The molecule has 0 aromatic heterocycles. The normalized spacial score (nSPS) is 52.9. The lowest BCUT2D eigenvalue weighted by Crippen LogP contribution is -2.10. The van der Waals surface area contributed by atoms with Crippen molar-refractivity contribution < 1.29 is 4.39 Å². The predicted molar refractivity (Wildman–Crippen MR) is 29.0 cm³/mol. The molecule has 44 valence electrons. The van der Waals surface area contributed by atoms with Gasteiger partial charge in [0.2, 0.25) is 0 Å². The average Bonchev–Trinajstić information content (AvgIpc) is 2.23. The van der Waals surface area contributed by atoms with Crippen LogP contribution < -0.4 is 0 Å². The van der Waals surface area contributed by atoms with Crippen molar-refractivity contribution in [1.29, 1.82) is 0 Å². The molecule has 2 aliphatic carbocycles. The van der Waals surface area contributed by atoms with Crippen molar-refractivity contribution in [3.63, 3.8) is 0 Å². The molecule has 0 heterocycles. The molecule has 0 saturated heterocycles. The molecule has 3 unspecified atom stereocenters. The van der Waals surface area contributed by atoms with Crippen LogP contribution in [0, 0.1) is 18.3 Å². The summed E-state index contributed by atoms with van der Waals surface area (Å²) in [4.78, 5) is 0. The van der Waals surface area contributed by atoms with Crippen LogP contribution in [0.1, 0.15) is 19.3 Å². The molecule has 2 radical (unpaired) electrons. The van der Waals surface area contributed by atoms with Gasteiger partial charge in [0, 0.05) is 6.42 Å². The first-order valence-electron chi connectivity index (χ1n) is 3.26. The molecule has 2 saturated carbocycles. The minimum atomic E-state index is -0.672. The molecule has 2 aliphatic rings. The van der Waals surface area contributed by atoms with Crippen molar-refractivity contribution in [3.8, 4) is 0 Å². The van der Waals surface area contributed by atoms with Gasteiger partial charge in [0.25, 0.3) is 0 Å². The highest BCUT2D eigenvalue weighted by Crippen LogP contribution is 2.45. The quantitative estimate of drug-likeness (QED) is 0.448. The lowest BCUT2D eigenvalue weighted by atomic mass is 9.99. The van der Waals surface area contributed by atoms with E-state index in [1.807, 2.05) is 0 Å². The third kappa shape index (κ3) is 0.503. The molecule has 0 N–H and O–H groups in total. The van der Waals surface area contributed by atoms with Crippen LogP contribution in [0.5, 0.6) is 0 Å². The Morgan fingerprint density at radius 3 is 2.50 bits per heavy atom. The Kier molecular flexibility index (Phi) is 0.870. The van der Waals surface area contributed by atoms with E-state index >= 15 is 0 Å². The Bertz CT molecular complexity index is 98.6. The summed E-state index contributed by atoms with van der Waals surface area (Å²) in [5, 5.41) is 0. The molecule has 2 fully saturated rings. The van der Waals surface area contributed by atoms with Gasteiger partial charge in [0.05, 0.1) is 0 Å². The zero-order valence-electron chi connectivity index (χ0n) is 4.73. The van der Waals surface area contributed by atoms with Gasteiger partial charge in [-0.3, -0.25) is 0 Å². The van der Waals surface area contributed by atoms with Crippen LogP contribution in [-0.2, 0) is 0 Å². The van der Waals surface area contributed by atoms with Gasteiger partial charge in [-0.05, 0) is 31.1 Å². The highest BCUT2D eigenvalue weighted by Gasteiger charge is 2.40. The molecule has 0 amide bonds. The standard InChI is InChI=1S/C7H9F/c8-7-4-5-1-2-6(7)3-5/h5-7H,1-3H2. The number of alkyl halides is 1. The maximum Gasteiger partial charge on any atom is 0.110 e. The summed E-state index contributed by atoms with van der Waals surface area (Å²) in [5.74, 6) is 0.884. The van der Waals surface area contributed by atoms with Crippen molar-refractivity contribution >= 4 is 0 Å². The number of halogens is 1. The Morgan fingerprint density at radius 1 is 1.38 bits per heavy atom. The summed E-state index contributed by atoms with van der Waals surface area (Å²) in [6, 6.07) is 0. The molecule has 2 rings (SSSR count). The fraction of sp³-hybridized carbons (Fsp3) is 0.857. The van der Waals surface area contributed by atoms with E-state index in [-0.39, 0.29) is 0 Å². The molecular weight excluding hydrogens is 103 g/mol. The summed E-state index contributed by atoms with van der Waals surface area (Å²) in [5.41, 5.74) is 0. The number of rotatable bonds is 0. The minimum absolute atomic E-state index is 0.361. The van der Waals surface area contributed by atoms with Crippen LogP contribution >= 0.6 is 0 Å². The van der Waals surface area contributed by atoms with Gasteiger partial charge in [-0.2, -0.15) is 0 Å². The van der Waals surface area contributed by atoms with Gasteiger partial charge < -0.3 is 0 Å². The summed E-state index contributed by atoms with van der Waals surface area (Å²) in [6.07, 6.45) is 5.61. The first kappa shape index (κ1) is 4.78. The van der Waals surface area contributed by atoms with Crippen LogP contribution in [-0.4, -0.2) is 6.17 Å². The first-order valence-corrected chi connectivity index (χ1v) is 3.26. The second-order valence-electron chi connectivity index (χ2n) is 2.84. The fourth-order valence-corrected chi connectivity index (χ4v) is 1.79. The third-order valence-electron chi connectivity index (χ3n) is 2.28. The largest absolute Gasteiger partial charge is 0.247 e. The monoisotopic (exact) mass is 112 g/mol. The van der Waals surface area contributed by atoms with E-state index in [9.17, 15) is 4.39 Å². The van der Waals surface area contributed by atoms with Crippen LogP contribution in [0.2, 0.25) is 0 Å². The topological polar surface area (TPSA) is 0 Å². The molecule has 0 aliphatic heterocycles. The zero-order chi connectivity index (χ0) is 5.56. The molecule has 1 heteroatoms. The van der Waals surface area contributed by atoms with Crippen molar-refractivity contribution in [2.75, 3.05) is 0 Å². The van der Waals surface area contributed by atoms with Crippen molar-refractivity contribution in [2.45, 2.75) is 25.4 Å². The Balaban J connectivity index is 2.11. The van der Waals surface area contributed by atoms with E-state index in [1.165, 1.54) is 6.42 Å². The van der Waals surface area contributed by atoms with Crippen LogP contribution in [0.25, 0.3) is 0 Å².